The molecule has 2 aromatic heterocycles. The number of H-pyrrole nitrogens is 1. The summed E-state index contributed by atoms with van der Waals surface area (Å²) < 4.78 is 2.45. The molecule has 3 rings (SSSR count). The van der Waals surface area contributed by atoms with Crippen LogP contribution in [-0.2, 0) is 6.54 Å². The van der Waals surface area contributed by atoms with E-state index in [0.717, 1.165) is 23.5 Å². The largest absolute Gasteiger partial charge is 0.306 e. The maximum Gasteiger partial charge on any atom is 0.263 e. The van der Waals surface area contributed by atoms with Gasteiger partial charge in [-0.3, -0.25) is 4.79 Å². The second-order valence-corrected chi connectivity index (χ2v) is 4.87. The molecule has 1 fully saturated rings. The predicted octanol–water partition coefficient (Wildman–Crippen LogP) is 1.90. The first kappa shape index (κ1) is 9.15. The van der Waals surface area contributed by atoms with Crippen LogP contribution in [0.2, 0.25) is 0 Å². The van der Waals surface area contributed by atoms with Gasteiger partial charge >= 0.3 is 0 Å². The molecule has 1 aliphatic rings. The van der Waals surface area contributed by atoms with E-state index in [4.69, 9.17) is 0 Å². The Hall–Kier alpha value is -1.10. The number of hydrogen-bond acceptors (Lipinski definition) is 2. The maximum absolute atomic E-state index is 11.4. The van der Waals surface area contributed by atoms with Crippen molar-refractivity contribution in [2.75, 3.05) is 0 Å². The molecule has 0 unspecified atom stereocenters. The fourth-order valence-electron chi connectivity index (χ4n) is 1.69. The fraction of sp³-hybridized carbons (Fsp3) is 0.400. The molecule has 2 heterocycles. The summed E-state index contributed by atoms with van der Waals surface area (Å²) in [6.07, 6.45) is 4.35. The Bertz CT molecular complexity index is 568. The summed E-state index contributed by atoms with van der Waals surface area (Å²) in [6, 6.07) is 1.81. The third kappa shape index (κ3) is 1.61. The Morgan fingerprint density at radius 1 is 1.60 bits per heavy atom. The van der Waals surface area contributed by atoms with E-state index in [1.165, 1.54) is 12.8 Å². The third-order valence-corrected chi connectivity index (χ3v) is 3.32. The fourth-order valence-corrected chi connectivity index (χ4v) is 2.04. The zero-order chi connectivity index (χ0) is 10.4. The van der Waals surface area contributed by atoms with Gasteiger partial charge in [0.25, 0.3) is 5.56 Å². The minimum Gasteiger partial charge on any atom is -0.306 e. The van der Waals surface area contributed by atoms with Crippen molar-refractivity contribution in [3.05, 3.63) is 27.1 Å². The lowest BCUT2D eigenvalue weighted by Gasteiger charge is -2.00. The van der Waals surface area contributed by atoms with E-state index >= 15 is 0 Å². The van der Waals surface area contributed by atoms with E-state index in [9.17, 15) is 4.79 Å². The maximum atomic E-state index is 11.4. The molecule has 1 N–H and O–H groups in total. The molecule has 1 saturated carbocycles. The molecule has 0 spiro atoms. The normalized spacial score (nSPS) is 16.1. The van der Waals surface area contributed by atoms with Crippen LogP contribution in [0.15, 0.2) is 21.5 Å². The Labute approximate surface area is 94.4 Å². The molecule has 78 valence electrons. The summed E-state index contributed by atoms with van der Waals surface area (Å²) in [4.78, 5) is 14.3. The van der Waals surface area contributed by atoms with Gasteiger partial charge in [0, 0.05) is 11.9 Å². The van der Waals surface area contributed by atoms with Gasteiger partial charge in [-0.2, -0.15) is 5.10 Å². The van der Waals surface area contributed by atoms with Crippen LogP contribution in [-0.4, -0.2) is 14.8 Å². The average molecular weight is 268 g/mol. The van der Waals surface area contributed by atoms with Crippen molar-refractivity contribution in [3.8, 4) is 0 Å². The molecule has 0 atom stereocenters. The molecule has 1 aliphatic carbocycles. The lowest BCUT2D eigenvalue weighted by Crippen LogP contribution is -2.10. The molecule has 0 amide bonds. The zero-order valence-electron chi connectivity index (χ0n) is 8.03. The molecule has 0 radical (unpaired) electrons. The minimum atomic E-state index is -0.0972. The molecule has 4 nitrogen and oxygen atoms in total. The van der Waals surface area contributed by atoms with Crippen molar-refractivity contribution >= 4 is 27.0 Å². The Morgan fingerprint density at radius 2 is 2.40 bits per heavy atom. The van der Waals surface area contributed by atoms with Gasteiger partial charge in [-0.05, 0) is 40.8 Å². The number of aromatic nitrogens is 3. The van der Waals surface area contributed by atoms with Gasteiger partial charge in [0.1, 0.15) is 5.65 Å². The monoisotopic (exact) mass is 267 g/mol. The smallest absolute Gasteiger partial charge is 0.263 e. The highest BCUT2D eigenvalue weighted by Gasteiger charge is 2.23. The summed E-state index contributed by atoms with van der Waals surface area (Å²) in [7, 11) is 0. The van der Waals surface area contributed by atoms with Crippen molar-refractivity contribution in [1.82, 2.24) is 14.8 Å². The Balaban J connectivity index is 2.14. The number of rotatable bonds is 2. The van der Waals surface area contributed by atoms with Crippen molar-refractivity contribution in [2.24, 2.45) is 5.92 Å². The van der Waals surface area contributed by atoms with Crippen LogP contribution >= 0.6 is 15.9 Å². The van der Waals surface area contributed by atoms with Crippen LogP contribution in [0.4, 0.5) is 0 Å². The topological polar surface area (TPSA) is 50.7 Å². The second kappa shape index (κ2) is 3.20. The number of halogens is 1. The van der Waals surface area contributed by atoms with Gasteiger partial charge in [0.15, 0.2) is 0 Å². The Morgan fingerprint density at radius 3 is 3.13 bits per heavy atom. The van der Waals surface area contributed by atoms with E-state index in [2.05, 4.69) is 26.0 Å². The number of pyridine rings is 1. The molecular weight excluding hydrogens is 258 g/mol. The van der Waals surface area contributed by atoms with Gasteiger partial charge in [0.2, 0.25) is 0 Å². The van der Waals surface area contributed by atoms with Gasteiger partial charge in [-0.15, -0.1) is 0 Å². The number of hydrogen-bond donors (Lipinski definition) is 1. The minimum absolute atomic E-state index is 0.0972. The molecule has 0 aliphatic heterocycles. The van der Waals surface area contributed by atoms with Crippen molar-refractivity contribution < 1.29 is 0 Å². The van der Waals surface area contributed by atoms with Gasteiger partial charge < -0.3 is 4.98 Å². The number of fused-ring (bicyclic) bond motifs is 1. The summed E-state index contributed by atoms with van der Waals surface area (Å²) in [5.74, 6) is 0.750. The van der Waals surface area contributed by atoms with Crippen LogP contribution in [0.3, 0.4) is 0 Å². The van der Waals surface area contributed by atoms with Gasteiger partial charge in [-0.1, -0.05) is 0 Å². The molecule has 2 aromatic rings. The second-order valence-electron chi connectivity index (χ2n) is 4.02. The molecule has 15 heavy (non-hydrogen) atoms. The molecule has 0 saturated heterocycles. The van der Waals surface area contributed by atoms with Crippen LogP contribution in [0, 0.1) is 5.92 Å². The average Bonchev–Trinajstić information content (AvgIpc) is 2.94. The Kier molecular flexibility index (Phi) is 1.95. The van der Waals surface area contributed by atoms with Crippen molar-refractivity contribution in [1.29, 1.82) is 0 Å². The molecule has 5 heteroatoms. The van der Waals surface area contributed by atoms with Crippen LogP contribution in [0.25, 0.3) is 11.0 Å². The van der Waals surface area contributed by atoms with E-state index in [1.54, 1.807) is 6.20 Å². The van der Waals surface area contributed by atoms with Crippen LogP contribution < -0.4 is 5.56 Å². The highest BCUT2D eigenvalue weighted by atomic mass is 79.9. The summed E-state index contributed by atoms with van der Waals surface area (Å²) >= 11 is 3.21. The summed E-state index contributed by atoms with van der Waals surface area (Å²) in [5.41, 5.74) is 0.732. The van der Waals surface area contributed by atoms with Crippen LogP contribution in [0.5, 0.6) is 0 Å². The first-order valence-corrected chi connectivity index (χ1v) is 5.77. The summed E-state index contributed by atoms with van der Waals surface area (Å²) in [6.45, 7) is 0.918. The highest BCUT2D eigenvalue weighted by Crippen LogP contribution is 2.31. The predicted molar refractivity (Wildman–Crippen MR) is 60.8 cm³/mol. The van der Waals surface area contributed by atoms with E-state index in [1.807, 2.05) is 10.7 Å². The molecular formula is C10H10BrN3O. The standard InChI is InChI=1S/C10H10BrN3O/c11-8-3-7-4-12-14(5-6-1-2-6)9(7)13-10(8)15/h3-4,6H,1-2,5H2,(H,13,15). The van der Waals surface area contributed by atoms with Gasteiger partial charge in [-0.25, -0.2) is 4.68 Å². The quantitative estimate of drug-likeness (QED) is 0.904. The van der Waals surface area contributed by atoms with Crippen molar-refractivity contribution in [2.45, 2.75) is 19.4 Å². The van der Waals surface area contributed by atoms with E-state index < -0.39 is 0 Å². The van der Waals surface area contributed by atoms with E-state index in [0.29, 0.717) is 4.47 Å². The lowest BCUT2D eigenvalue weighted by atomic mass is 10.3. The SMILES string of the molecule is O=c1[nH]c2c(cnn2CC2CC2)cc1Br. The lowest BCUT2D eigenvalue weighted by molar-refractivity contribution is 0.575. The first-order chi connectivity index (χ1) is 7.24. The third-order valence-electron chi connectivity index (χ3n) is 2.73. The zero-order valence-corrected chi connectivity index (χ0v) is 9.62. The number of nitrogens with one attached hydrogen (secondary N) is 1. The highest BCUT2D eigenvalue weighted by molar-refractivity contribution is 9.10. The number of aromatic amines is 1. The van der Waals surface area contributed by atoms with Gasteiger partial charge in [0.05, 0.1) is 10.7 Å². The number of nitrogens with zero attached hydrogens (tertiary/aromatic N) is 2. The van der Waals surface area contributed by atoms with Crippen LogP contribution in [0.1, 0.15) is 12.8 Å². The summed E-state index contributed by atoms with van der Waals surface area (Å²) in [5, 5.41) is 5.26. The van der Waals surface area contributed by atoms with E-state index in [-0.39, 0.29) is 5.56 Å². The first-order valence-electron chi connectivity index (χ1n) is 4.98. The molecule has 0 aromatic carbocycles. The van der Waals surface area contributed by atoms with Crippen molar-refractivity contribution in [3.63, 3.8) is 0 Å². The molecule has 0 bridgehead atoms.